The number of benzene rings is 1. The van der Waals surface area contributed by atoms with Gasteiger partial charge in [0.2, 0.25) is 0 Å². The first-order valence-corrected chi connectivity index (χ1v) is 7.10. The predicted molar refractivity (Wildman–Crippen MR) is 75.8 cm³/mol. The fraction of sp³-hybridized carbons (Fsp3) is 0.600. The van der Waals surface area contributed by atoms with Crippen molar-refractivity contribution in [3.05, 3.63) is 30.1 Å². The van der Waals surface area contributed by atoms with Gasteiger partial charge in [-0.15, -0.1) is 0 Å². The van der Waals surface area contributed by atoms with Gasteiger partial charge in [-0.2, -0.15) is 0 Å². The molecule has 0 aromatic heterocycles. The third-order valence-corrected chi connectivity index (χ3v) is 3.74. The zero-order chi connectivity index (χ0) is 13.7. The van der Waals surface area contributed by atoms with Gasteiger partial charge in [0.15, 0.2) is 0 Å². The van der Waals surface area contributed by atoms with Crippen LogP contribution in [0.4, 0.5) is 10.1 Å². The largest absolute Gasteiger partial charge is 0.392 e. The van der Waals surface area contributed by atoms with Crippen LogP contribution in [0.25, 0.3) is 0 Å². The number of anilines is 1. The van der Waals surface area contributed by atoms with Crippen LogP contribution in [0.5, 0.6) is 0 Å². The van der Waals surface area contributed by atoms with Crippen molar-refractivity contribution in [2.75, 3.05) is 25.0 Å². The number of hydrogen-bond donors (Lipinski definition) is 2. The van der Waals surface area contributed by atoms with Crippen molar-refractivity contribution in [2.24, 2.45) is 0 Å². The number of halogens is 1. The number of likely N-dealkylation sites (tertiary alicyclic amines) is 1. The average Bonchev–Trinajstić information content (AvgIpc) is 2.43. The number of nitrogens with one attached hydrogen (secondary N) is 1. The molecule has 1 saturated heterocycles. The monoisotopic (exact) mass is 266 g/mol. The molecule has 19 heavy (non-hydrogen) atoms. The number of rotatable bonds is 5. The summed E-state index contributed by atoms with van der Waals surface area (Å²) < 4.78 is 12.8. The van der Waals surface area contributed by atoms with E-state index in [4.69, 9.17) is 0 Å². The maximum absolute atomic E-state index is 12.8. The summed E-state index contributed by atoms with van der Waals surface area (Å²) in [4.78, 5) is 2.32. The number of β-amino-alcohol motifs (C(OH)–C–C–N with tert-alkyl or cyclic N) is 1. The highest BCUT2D eigenvalue weighted by atomic mass is 19.1. The summed E-state index contributed by atoms with van der Waals surface area (Å²) in [6.07, 6.45) is 2.73. The number of piperidine rings is 1. The van der Waals surface area contributed by atoms with Gasteiger partial charge in [-0.25, -0.2) is 4.39 Å². The Hall–Kier alpha value is -1.13. The Balaban J connectivity index is 1.75. The van der Waals surface area contributed by atoms with Gasteiger partial charge < -0.3 is 15.3 Å². The van der Waals surface area contributed by atoms with E-state index in [1.165, 1.54) is 12.1 Å². The second-order valence-corrected chi connectivity index (χ2v) is 5.29. The normalized spacial score (nSPS) is 19.3. The van der Waals surface area contributed by atoms with Crippen molar-refractivity contribution >= 4 is 5.69 Å². The van der Waals surface area contributed by atoms with Gasteiger partial charge >= 0.3 is 0 Å². The molecule has 0 spiro atoms. The average molecular weight is 266 g/mol. The highest BCUT2D eigenvalue weighted by molar-refractivity contribution is 5.43. The second kappa shape index (κ2) is 6.87. The second-order valence-electron chi connectivity index (χ2n) is 5.29. The van der Waals surface area contributed by atoms with E-state index in [1.54, 1.807) is 12.1 Å². The molecule has 2 N–H and O–H groups in total. The molecule has 1 aliphatic rings. The minimum absolute atomic E-state index is 0.200. The quantitative estimate of drug-likeness (QED) is 0.859. The Morgan fingerprint density at radius 3 is 2.53 bits per heavy atom. The van der Waals surface area contributed by atoms with Gasteiger partial charge in [0.05, 0.1) is 6.10 Å². The minimum Gasteiger partial charge on any atom is -0.392 e. The van der Waals surface area contributed by atoms with Crippen LogP contribution >= 0.6 is 0 Å². The molecule has 0 amide bonds. The number of nitrogens with zero attached hydrogens (tertiary/aromatic N) is 1. The molecular formula is C15H23FN2O. The minimum atomic E-state index is -0.207. The molecule has 0 aliphatic carbocycles. The molecule has 1 aromatic rings. The van der Waals surface area contributed by atoms with Gasteiger partial charge in [0.25, 0.3) is 0 Å². The summed E-state index contributed by atoms with van der Waals surface area (Å²) in [6, 6.07) is 6.97. The molecule has 1 heterocycles. The molecular weight excluding hydrogens is 243 g/mol. The highest BCUT2D eigenvalue weighted by Gasteiger charge is 2.20. The number of hydrogen-bond acceptors (Lipinski definition) is 3. The summed E-state index contributed by atoms with van der Waals surface area (Å²) >= 11 is 0. The maximum atomic E-state index is 12.8. The molecule has 0 unspecified atom stereocenters. The van der Waals surface area contributed by atoms with E-state index in [1.807, 2.05) is 6.92 Å². The third-order valence-electron chi connectivity index (χ3n) is 3.74. The first-order valence-electron chi connectivity index (χ1n) is 7.10. The number of aliphatic hydroxyl groups is 1. The van der Waals surface area contributed by atoms with Crippen LogP contribution in [0.15, 0.2) is 24.3 Å². The third kappa shape index (κ3) is 4.48. The topological polar surface area (TPSA) is 35.5 Å². The summed E-state index contributed by atoms with van der Waals surface area (Å²) in [5, 5.41) is 13.1. The summed E-state index contributed by atoms with van der Waals surface area (Å²) in [5.41, 5.74) is 0.980. The van der Waals surface area contributed by atoms with E-state index in [2.05, 4.69) is 10.2 Å². The van der Waals surface area contributed by atoms with Crippen LogP contribution < -0.4 is 5.32 Å². The molecule has 1 aromatic carbocycles. The van der Waals surface area contributed by atoms with Crippen LogP contribution in [0, 0.1) is 5.82 Å². The highest BCUT2D eigenvalue weighted by Crippen LogP contribution is 2.17. The fourth-order valence-electron chi connectivity index (χ4n) is 2.47. The van der Waals surface area contributed by atoms with Gasteiger partial charge in [0, 0.05) is 31.4 Å². The lowest BCUT2D eigenvalue weighted by Crippen LogP contribution is -2.42. The van der Waals surface area contributed by atoms with Crippen LogP contribution in [0.3, 0.4) is 0 Å². The van der Waals surface area contributed by atoms with Gasteiger partial charge in [-0.1, -0.05) is 6.92 Å². The molecule has 0 radical (unpaired) electrons. The Kier molecular flexibility index (Phi) is 5.16. The number of aliphatic hydroxyl groups excluding tert-OH is 1. The molecule has 0 saturated carbocycles. The zero-order valence-electron chi connectivity index (χ0n) is 11.5. The summed E-state index contributed by atoms with van der Waals surface area (Å²) in [7, 11) is 0. The maximum Gasteiger partial charge on any atom is 0.123 e. The van der Waals surface area contributed by atoms with E-state index in [0.29, 0.717) is 6.04 Å². The van der Waals surface area contributed by atoms with E-state index < -0.39 is 0 Å². The van der Waals surface area contributed by atoms with Crippen molar-refractivity contribution in [2.45, 2.75) is 38.3 Å². The van der Waals surface area contributed by atoms with E-state index in [9.17, 15) is 9.50 Å². The van der Waals surface area contributed by atoms with Crippen molar-refractivity contribution in [1.29, 1.82) is 0 Å². The molecule has 0 bridgehead atoms. The smallest absolute Gasteiger partial charge is 0.123 e. The SMILES string of the molecule is CC[C@@H](O)CN1CCC(Nc2ccc(F)cc2)CC1. The molecule has 2 rings (SSSR count). The first kappa shape index (κ1) is 14.3. The fourth-order valence-corrected chi connectivity index (χ4v) is 2.47. The molecule has 4 heteroatoms. The predicted octanol–water partition coefficient (Wildman–Crippen LogP) is 2.47. The Bertz CT molecular complexity index is 374. The van der Waals surface area contributed by atoms with Crippen molar-refractivity contribution in [1.82, 2.24) is 4.90 Å². The molecule has 1 atom stereocenters. The van der Waals surface area contributed by atoms with Crippen LogP contribution in [0.1, 0.15) is 26.2 Å². The van der Waals surface area contributed by atoms with E-state index in [0.717, 1.165) is 44.6 Å². The van der Waals surface area contributed by atoms with Crippen LogP contribution in [0.2, 0.25) is 0 Å². The molecule has 1 aliphatic heterocycles. The Labute approximate surface area is 114 Å². The van der Waals surface area contributed by atoms with Gasteiger partial charge in [0.1, 0.15) is 5.82 Å². The van der Waals surface area contributed by atoms with Crippen LogP contribution in [-0.2, 0) is 0 Å². The van der Waals surface area contributed by atoms with E-state index in [-0.39, 0.29) is 11.9 Å². The lowest BCUT2D eigenvalue weighted by Gasteiger charge is -2.33. The molecule has 1 fully saturated rings. The Morgan fingerprint density at radius 1 is 1.32 bits per heavy atom. The van der Waals surface area contributed by atoms with Crippen molar-refractivity contribution in [3.63, 3.8) is 0 Å². The zero-order valence-corrected chi connectivity index (χ0v) is 11.5. The molecule has 106 valence electrons. The van der Waals surface area contributed by atoms with Gasteiger partial charge in [-0.3, -0.25) is 0 Å². The van der Waals surface area contributed by atoms with Crippen LogP contribution in [-0.4, -0.2) is 41.8 Å². The van der Waals surface area contributed by atoms with Gasteiger partial charge in [-0.05, 0) is 43.5 Å². The summed E-state index contributed by atoms with van der Waals surface area (Å²) in [6.45, 7) is 4.80. The Morgan fingerprint density at radius 2 is 1.95 bits per heavy atom. The lowest BCUT2D eigenvalue weighted by atomic mass is 10.0. The summed E-state index contributed by atoms with van der Waals surface area (Å²) in [5.74, 6) is -0.200. The first-order chi connectivity index (χ1) is 9.17. The van der Waals surface area contributed by atoms with Crippen molar-refractivity contribution < 1.29 is 9.50 Å². The standard InChI is InChI=1S/C15H23FN2O/c1-2-15(19)11-18-9-7-14(8-10-18)17-13-5-3-12(16)4-6-13/h3-6,14-15,17,19H,2,7-11H2,1H3/t15-/m1/s1. The van der Waals surface area contributed by atoms with E-state index >= 15 is 0 Å². The lowest BCUT2D eigenvalue weighted by molar-refractivity contribution is 0.0962. The molecule has 3 nitrogen and oxygen atoms in total. The van der Waals surface area contributed by atoms with Crippen molar-refractivity contribution in [3.8, 4) is 0 Å².